The smallest absolute Gasteiger partial charge is 0.0971 e. The molecule has 1 atom stereocenters. The number of pyridine rings is 1. The minimum Gasteiger partial charge on any atom is -0.313 e. The summed E-state index contributed by atoms with van der Waals surface area (Å²) in [5, 5.41) is 4.84. The fourth-order valence-electron chi connectivity index (χ4n) is 7.83. The molecule has 1 aliphatic rings. The third-order valence-electron chi connectivity index (χ3n) is 9.81. The molecule has 4 aromatic heterocycles. The molecule has 4 heteroatoms. The first-order valence-corrected chi connectivity index (χ1v) is 16.4. The third-order valence-corrected chi connectivity index (χ3v) is 9.81. The number of nitrogens with zero attached hydrogens (tertiary/aromatic N) is 4. The average molecular weight is 607 g/mol. The Morgan fingerprint density at radius 1 is 0.787 bits per heavy atom. The molecule has 8 aromatic rings. The highest BCUT2D eigenvalue weighted by Crippen LogP contribution is 2.43. The third kappa shape index (κ3) is 3.91. The summed E-state index contributed by atoms with van der Waals surface area (Å²) in [6, 6.07) is 35.0. The molecule has 4 nitrogen and oxygen atoms in total. The van der Waals surface area contributed by atoms with E-state index in [1.165, 1.54) is 38.4 Å². The van der Waals surface area contributed by atoms with Gasteiger partial charge in [0.05, 0.1) is 39.3 Å². The molecule has 1 aliphatic carbocycles. The Kier molecular flexibility index (Phi) is 6.19. The van der Waals surface area contributed by atoms with E-state index in [9.17, 15) is 0 Å². The second-order valence-electron chi connectivity index (χ2n) is 12.4. The number of fused-ring (bicyclic) bond motifs is 10. The van der Waals surface area contributed by atoms with Crippen LogP contribution in [0, 0.1) is 0 Å². The standard InChI is InChI=1S/C43H34N4/c1-4-6-16-29(5-2)46-38-25-24-31(26-35(38)32-21-14-15-28(3)42(32)46)45-36-22-12-10-19-33(36)40-39(45)27-44-41-34-20-11-13-23-37(34)47(43(40)41)30-17-8-7-9-18-30/h4-14,16-28H,1,15H2,2-3H3/b16-6-,29-5+. The van der Waals surface area contributed by atoms with E-state index in [0.717, 1.165) is 50.9 Å². The van der Waals surface area contributed by atoms with Gasteiger partial charge < -0.3 is 13.7 Å². The quantitative estimate of drug-likeness (QED) is 0.179. The minimum absolute atomic E-state index is 0.406. The van der Waals surface area contributed by atoms with E-state index >= 15 is 0 Å². The van der Waals surface area contributed by atoms with Crippen LogP contribution in [0.1, 0.15) is 37.4 Å². The van der Waals surface area contributed by atoms with Crippen molar-refractivity contribution in [3.63, 3.8) is 0 Å². The van der Waals surface area contributed by atoms with Gasteiger partial charge in [0, 0.05) is 55.8 Å². The molecule has 0 saturated carbocycles. The Hall–Kier alpha value is -5.87. The Labute approximate surface area is 273 Å². The summed E-state index contributed by atoms with van der Waals surface area (Å²) >= 11 is 0. The monoisotopic (exact) mass is 606 g/mol. The summed E-state index contributed by atoms with van der Waals surface area (Å²) in [5.74, 6) is 0.406. The molecule has 47 heavy (non-hydrogen) atoms. The SMILES string of the molecule is C=C/C=C\C(=C/C)n1c2c(c3cc(-n4c5ccccc5c5c4cnc4c6ccccc6n(-c6ccccc6)c45)ccc31)C=CCC2C. The summed E-state index contributed by atoms with van der Waals surface area (Å²) in [6.07, 6.45) is 15.9. The van der Waals surface area contributed by atoms with Crippen LogP contribution in [0.15, 0.2) is 140 Å². The first-order chi connectivity index (χ1) is 23.2. The predicted octanol–water partition coefficient (Wildman–Crippen LogP) is 11.4. The summed E-state index contributed by atoms with van der Waals surface area (Å²) in [5.41, 5.74) is 12.9. The summed E-state index contributed by atoms with van der Waals surface area (Å²) < 4.78 is 7.23. The Balaban J connectivity index is 1.39. The molecule has 4 heterocycles. The van der Waals surface area contributed by atoms with Crippen molar-refractivity contribution >= 4 is 66.4 Å². The topological polar surface area (TPSA) is 27.7 Å². The van der Waals surface area contributed by atoms with Crippen LogP contribution in [-0.4, -0.2) is 18.7 Å². The molecule has 0 aliphatic heterocycles. The summed E-state index contributed by atoms with van der Waals surface area (Å²) in [6.45, 7) is 8.36. The Morgan fingerprint density at radius 3 is 2.32 bits per heavy atom. The van der Waals surface area contributed by atoms with Crippen molar-refractivity contribution in [3.8, 4) is 11.4 Å². The van der Waals surface area contributed by atoms with Gasteiger partial charge in [0.25, 0.3) is 0 Å². The minimum atomic E-state index is 0.406. The lowest BCUT2D eigenvalue weighted by molar-refractivity contribution is 0.728. The maximum Gasteiger partial charge on any atom is 0.0971 e. The van der Waals surface area contributed by atoms with E-state index in [1.54, 1.807) is 0 Å². The predicted molar refractivity (Wildman–Crippen MR) is 200 cm³/mol. The molecule has 4 aromatic carbocycles. The fraction of sp³-hybridized carbons (Fsp3) is 0.0930. The second kappa shape index (κ2) is 10.6. The normalized spacial score (nSPS) is 15.2. The van der Waals surface area contributed by atoms with Crippen LogP contribution in [0.2, 0.25) is 0 Å². The van der Waals surface area contributed by atoms with E-state index in [4.69, 9.17) is 4.98 Å². The molecule has 0 bridgehead atoms. The molecule has 0 N–H and O–H groups in total. The molecule has 1 unspecified atom stereocenters. The summed E-state index contributed by atoms with van der Waals surface area (Å²) in [7, 11) is 0. The number of hydrogen-bond donors (Lipinski definition) is 0. The van der Waals surface area contributed by atoms with Crippen LogP contribution in [-0.2, 0) is 0 Å². The fourth-order valence-corrected chi connectivity index (χ4v) is 7.83. The van der Waals surface area contributed by atoms with Crippen LogP contribution in [0.25, 0.3) is 77.8 Å². The van der Waals surface area contributed by atoms with Gasteiger partial charge in [0.15, 0.2) is 0 Å². The lowest BCUT2D eigenvalue weighted by Gasteiger charge is -2.19. The van der Waals surface area contributed by atoms with Crippen molar-refractivity contribution < 1.29 is 0 Å². The van der Waals surface area contributed by atoms with E-state index in [1.807, 2.05) is 12.2 Å². The second-order valence-corrected chi connectivity index (χ2v) is 12.4. The number of allylic oxidation sites excluding steroid dienone is 6. The van der Waals surface area contributed by atoms with E-state index in [0.29, 0.717) is 5.92 Å². The average Bonchev–Trinajstić information content (AvgIpc) is 3.75. The zero-order valence-corrected chi connectivity index (χ0v) is 26.6. The van der Waals surface area contributed by atoms with Gasteiger partial charge in [0.1, 0.15) is 0 Å². The van der Waals surface area contributed by atoms with Gasteiger partial charge in [-0.2, -0.15) is 0 Å². The molecule has 9 rings (SSSR count). The number of hydrogen-bond acceptors (Lipinski definition) is 1. The number of para-hydroxylation sites is 3. The summed E-state index contributed by atoms with van der Waals surface area (Å²) in [4.78, 5) is 5.19. The number of benzene rings is 4. The van der Waals surface area contributed by atoms with Crippen LogP contribution >= 0.6 is 0 Å². The molecule has 0 fully saturated rings. The van der Waals surface area contributed by atoms with E-state index < -0.39 is 0 Å². The van der Waals surface area contributed by atoms with Crippen LogP contribution in [0.4, 0.5) is 0 Å². The van der Waals surface area contributed by atoms with Gasteiger partial charge in [-0.25, -0.2) is 0 Å². The molecule has 0 saturated heterocycles. The maximum atomic E-state index is 5.19. The van der Waals surface area contributed by atoms with Crippen molar-refractivity contribution in [2.24, 2.45) is 0 Å². The zero-order valence-electron chi connectivity index (χ0n) is 26.6. The van der Waals surface area contributed by atoms with Crippen molar-refractivity contribution in [1.29, 1.82) is 0 Å². The van der Waals surface area contributed by atoms with Crippen LogP contribution in [0.5, 0.6) is 0 Å². The highest BCUT2D eigenvalue weighted by atomic mass is 15.0. The first kappa shape index (κ1) is 27.4. The lowest BCUT2D eigenvalue weighted by atomic mass is 9.93. The van der Waals surface area contributed by atoms with Gasteiger partial charge in [-0.3, -0.25) is 4.98 Å². The maximum absolute atomic E-state index is 5.19. The van der Waals surface area contributed by atoms with Crippen molar-refractivity contribution in [1.82, 2.24) is 18.7 Å². The van der Waals surface area contributed by atoms with Gasteiger partial charge in [-0.05, 0) is 61.9 Å². The van der Waals surface area contributed by atoms with Crippen molar-refractivity contribution in [3.05, 3.63) is 151 Å². The van der Waals surface area contributed by atoms with Gasteiger partial charge in [-0.15, -0.1) is 0 Å². The Morgan fingerprint density at radius 2 is 1.53 bits per heavy atom. The van der Waals surface area contributed by atoms with Crippen LogP contribution < -0.4 is 0 Å². The largest absolute Gasteiger partial charge is 0.313 e. The first-order valence-electron chi connectivity index (χ1n) is 16.4. The zero-order chi connectivity index (χ0) is 31.6. The van der Waals surface area contributed by atoms with Crippen molar-refractivity contribution in [2.45, 2.75) is 26.2 Å². The molecule has 0 radical (unpaired) electrons. The van der Waals surface area contributed by atoms with Gasteiger partial charge in [-0.1, -0.05) is 98.5 Å². The highest BCUT2D eigenvalue weighted by molar-refractivity contribution is 6.24. The number of aromatic nitrogens is 4. The molecule has 226 valence electrons. The number of rotatable bonds is 5. The van der Waals surface area contributed by atoms with Gasteiger partial charge in [0.2, 0.25) is 0 Å². The highest BCUT2D eigenvalue weighted by Gasteiger charge is 2.25. The molecular weight excluding hydrogens is 573 g/mol. The van der Waals surface area contributed by atoms with E-state index in [2.05, 4.69) is 162 Å². The van der Waals surface area contributed by atoms with Gasteiger partial charge >= 0.3 is 0 Å². The molecular formula is C43H34N4. The molecule has 0 spiro atoms. The molecule has 0 amide bonds. The Bertz CT molecular complexity index is 2640. The lowest BCUT2D eigenvalue weighted by Crippen LogP contribution is -2.07. The van der Waals surface area contributed by atoms with Crippen LogP contribution in [0.3, 0.4) is 0 Å². The van der Waals surface area contributed by atoms with E-state index in [-0.39, 0.29) is 0 Å². The van der Waals surface area contributed by atoms with Crippen molar-refractivity contribution in [2.75, 3.05) is 0 Å².